The molecule has 0 aromatic rings. The highest BCUT2D eigenvalue weighted by molar-refractivity contribution is 5.76. The summed E-state index contributed by atoms with van der Waals surface area (Å²) in [6.07, 6.45) is 2.89. The molecule has 0 radical (unpaired) electrons. The van der Waals surface area contributed by atoms with Crippen LogP contribution >= 0.6 is 0 Å². The minimum atomic E-state index is 0.149. The van der Waals surface area contributed by atoms with Gasteiger partial charge in [-0.25, -0.2) is 0 Å². The summed E-state index contributed by atoms with van der Waals surface area (Å²) < 4.78 is 5.42. The van der Waals surface area contributed by atoms with Gasteiger partial charge in [0.05, 0.1) is 6.10 Å². The molecular formula is C11H22N2O2. The summed E-state index contributed by atoms with van der Waals surface area (Å²) in [5.74, 6) is 0.149. The van der Waals surface area contributed by atoms with Crippen LogP contribution in [0.2, 0.25) is 0 Å². The van der Waals surface area contributed by atoms with Crippen LogP contribution in [0.4, 0.5) is 0 Å². The van der Waals surface area contributed by atoms with Gasteiger partial charge in [0.2, 0.25) is 5.91 Å². The molecule has 0 aromatic heterocycles. The van der Waals surface area contributed by atoms with Gasteiger partial charge in [-0.1, -0.05) is 6.92 Å². The average molecular weight is 214 g/mol. The summed E-state index contributed by atoms with van der Waals surface area (Å²) in [4.78, 5) is 11.4. The van der Waals surface area contributed by atoms with E-state index in [4.69, 9.17) is 4.74 Å². The Kier molecular flexibility index (Phi) is 5.65. The van der Waals surface area contributed by atoms with Crippen molar-refractivity contribution in [2.45, 2.75) is 45.3 Å². The minimum absolute atomic E-state index is 0.149. The van der Waals surface area contributed by atoms with Crippen LogP contribution in [-0.4, -0.2) is 37.7 Å². The zero-order chi connectivity index (χ0) is 11.1. The highest BCUT2D eigenvalue weighted by atomic mass is 16.5. The van der Waals surface area contributed by atoms with Crippen molar-refractivity contribution >= 4 is 5.91 Å². The van der Waals surface area contributed by atoms with Crippen LogP contribution < -0.4 is 10.6 Å². The number of ether oxygens (including phenoxy) is 1. The lowest BCUT2D eigenvalue weighted by molar-refractivity contribution is -0.123. The van der Waals surface area contributed by atoms with E-state index in [9.17, 15) is 4.79 Å². The van der Waals surface area contributed by atoms with Crippen molar-refractivity contribution in [3.05, 3.63) is 0 Å². The molecule has 4 nitrogen and oxygen atoms in total. The molecule has 0 unspecified atom stereocenters. The van der Waals surface area contributed by atoms with Crippen LogP contribution in [0.5, 0.6) is 0 Å². The molecule has 0 aromatic carbocycles. The monoisotopic (exact) mass is 214 g/mol. The Hall–Kier alpha value is -0.610. The van der Waals surface area contributed by atoms with Gasteiger partial charge in [0.1, 0.15) is 0 Å². The first-order chi connectivity index (χ1) is 7.26. The van der Waals surface area contributed by atoms with Gasteiger partial charge in [0, 0.05) is 25.6 Å². The Morgan fingerprint density at radius 1 is 1.40 bits per heavy atom. The van der Waals surface area contributed by atoms with Crippen molar-refractivity contribution in [2.24, 2.45) is 0 Å². The Labute approximate surface area is 91.8 Å². The molecule has 1 aliphatic rings. The number of hydrogen-bond acceptors (Lipinski definition) is 3. The summed E-state index contributed by atoms with van der Waals surface area (Å²) in [6, 6.07) is 0.343. The van der Waals surface area contributed by atoms with Gasteiger partial charge in [-0.3, -0.25) is 4.79 Å². The van der Waals surface area contributed by atoms with E-state index < -0.39 is 0 Å². The molecule has 88 valence electrons. The Balaban J connectivity index is 1.98. The van der Waals surface area contributed by atoms with Crippen LogP contribution in [0.1, 0.15) is 33.1 Å². The van der Waals surface area contributed by atoms with Gasteiger partial charge in [-0.15, -0.1) is 0 Å². The molecule has 0 atom stereocenters. The fourth-order valence-electron chi connectivity index (χ4n) is 1.73. The number of nitrogens with one attached hydrogen (secondary N) is 2. The summed E-state index contributed by atoms with van der Waals surface area (Å²) in [5.41, 5.74) is 0. The third-order valence-electron chi connectivity index (χ3n) is 2.64. The summed E-state index contributed by atoms with van der Waals surface area (Å²) in [7, 11) is 0. The lowest BCUT2D eigenvalue weighted by atomic mass is 9.89. The predicted octanol–water partition coefficient (Wildman–Crippen LogP) is 0.670. The first-order valence-electron chi connectivity index (χ1n) is 5.88. The van der Waals surface area contributed by atoms with E-state index in [0.717, 1.165) is 32.5 Å². The van der Waals surface area contributed by atoms with Gasteiger partial charge in [-0.2, -0.15) is 0 Å². The first kappa shape index (κ1) is 12.5. The third kappa shape index (κ3) is 4.62. The normalized spacial score (nSPS) is 24.7. The molecule has 0 saturated heterocycles. The summed E-state index contributed by atoms with van der Waals surface area (Å²) in [6.45, 7) is 6.50. The van der Waals surface area contributed by atoms with Crippen LogP contribution in [0.15, 0.2) is 0 Å². The lowest BCUT2D eigenvalue weighted by Gasteiger charge is -2.35. The van der Waals surface area contributed by atoms with Crippen molar-refractivity contribution in [1.29, 1.82) is 0 Å². The number of carbonyl (C=O) groups is 1. The topological polar surface area (TPSA) is 50.4 Å². The number of amides is 1. The number of rotatable bonds is 7. The smallest absolute Gasteiger partial charge is 0.221 e. The van der Waals surface area contributed by atoms with Gasteiger partial charge in [-0.05, 0) is 26.3 Å². The lowest BCUT2D eigenvalue weighted by Crippen LogP contribution is -2.48. The first-order valence-corrected chi connectivity index (χ1v) is 5.88. The zero-order valence-electron chi connectivity index (χ0n) is 9.71. The molecule has 1 rings (SSSR count). The molecule has 0 aliphatic heterocycles. The van der Waals surface area contributed by atoms with Crippen molar-refractivity contribution < 1.29 is 9.53 Å². The maximum atomic E-state index is 11.4. The average Bonchev–Trinajstić information content (AvgIpc) is 2.15. The second-order valence-corrected chi connectivity index (χ2v) is 3.92. The number of carbonyl (C=O) groups excluding carboxylic acids is 1. The second kappa shape index (κ2) is 6.80. The Morgan fingerprint density at radius 3 is 2.73 bits per heavy atom. The largest absolute Gasteiger partial charge is 0.378 e. The molecular weight excluding hydrogens is 192 g/mol. The zero-order valence-corrected chi connectivity index (χ0v) is 9.71. The van der Waals surface area contributed by atoms with Crippen molar-refractivity contribution in [2.75, 3.05) is 19.7 Å². The fraction of sp³-hybridized carbons (Fsp3) is 0.909. The van der Waals surface area contributed by atoms with Crippen LogP contribution in [0.25, 0.3) is 0 Å². The van der Waals surface area contributed by atoms with E-state index in [0.29, 0.717) is 18.6 Å². The molecule has 2 N–H and O–H groups in total. The molecule has 0 bridgehead atoms. The van der Waals surface area contributed by atoms with Crippen LogP contribution in [-0.2, 0) is 9.53 Å². The summed E-state index contributed by atoms with van der Waals surface area (Å²) in [5, 5.41) is 6.14. The van der Waals surface area contributed by atoms with Crippen molar-refractivity contribution in [3.63, 3.8) is 0 Å². The Morgan fingerprint density at radius 2 is 2.13 bits per heavy atom. The van der Waals surface area contributed by atoms with Crippen molar-refractivity contribution in [1.82, 2.24) is 10.6 Å². The molecule has 0 spiro atoms. The maximum Gasteiger partial charge on any atom is 0.221 e. The molecule has 1 amide bonds. The van der Waals surface area contributed by atoms with E-state index in [1.54, 1.807) is 0 Å². The molecule has 15 heavy (non-hydrogen) atoms. The van der Waals surface area contributed by atoms with Gasteiger partial charge < -0.3 is 15.4 Å². The predicted molar refractivity (Wildman–Crippen MR) is 59.7 cm³/mol. The summed E-state index contributed by atoms with van der Waals surface area (Å²) >= 11 is 0. The van der Waals surface area contributed by atoms with E-state index in [-0.39, 0.29) is 5.91 Å². The SMILES string of the molecule is CCNCCC(=O)NC1CC(OCC)C1. The van der Waals surface area contributed by atoms with Crippen LogP contribution in [0, 0.1) is 0 Å². The van der Waals surface area contributed by atoms with E-state index in [1.807, 2.05) is 13.8 Å². The fourth-order valence-corrected chi connectivity index (χ4v) is 1.73. The maximum absolute atomic E-state index is 11.4. The van der Waals surface area contributed by atoms with E-state index in [1.165, 1.54) is 0 Å². The van der Waals surface area contributed by atoms with Gasteiger partial charge in [0.15, 0.2) is 0 Å². The number of hydrogen-bond donors (Lipinski definition) is 2. The highest BCUT2D eigenvalue weighted by Gasteiger charge is 2.30. The third-order valence-corrected chi connectivity index (χ3v) is 2.64. The molecule has 1 aliphatic carbocycles. The second-order valence-electron chi connectivity index (χ2n) is 3.92. The van der Waals surface area contributed by atoms with Gasteiger partial charge >= 0.3 is 0 Å². The quantitative estimate of drug-likeness (QED) is 0.612. The minimum Gasteiger partial charge on any atom is -0.378 e. The van der Waals surface area contributed by atoms with Crippen molar-refractivity contribution in [3.8, 4) is 0 Å². The highest BCUT2D eigenvalue weighted by Crippen LogP contribution is 2.23. The Bertz CT molecular complexity index is 191. The molecule has 1 fully saturated rings. The molecule has 0 heterocycles. The van der Waals surface area contributed by atoms with Crippen LogP contribution in [0.3, 0.4) is 0 Å². The molecule has 4 heteroatoms. The standard InChI is InChI=1S/C11H22N2O2/c1-3-12-6-5-11(14)13-9-7-10(8-9)15-4-2/h9-10,12H,3-8H2,1-2H3,(H,13,14). The van der Waals surface area contributed by atoms with E-state index >= 15 is 0 Å². The van der Waals surface area contributed by atoms with Gasteiger partial charge in [0.25, 0.3) is 0 Å². The van der Waals surface area contributed by atoms with E-state index in [2.05, 4.69) is 10.6 Å². The molecule has 1 saturated carbocycles.